The maximum Gasteiger partial charge on any atom is 0.188 e. The van der Waals surface area contributed by atoms with E-state index in [9.17, 15) is 4.79 Å². The zero-order valence-electron chi connectivity index (χ0n) is 9.10. The van der Waals surface area contributed by atoms with Crippen LogP contribution in [0.2, 0.25) is 0 Å². The van der Waals surface area contributed by atoms with Crippen molar-refractivity contribution in [1.29, 1.82) is 0 Å². The van der Waals surface area contributed by atoms with Crippen LogP contribution in [0.5, 0.6) is 0 Å². The Bertz CT molecular complexity index is 742. The van der Waals surface area contributed by atoms with E-state index in [1.54, 1.807) is 12.2 Å². The molecule has 2 heteroatoms. The lowest BCUT2D eigenvalue weighted by atomic mass is 9.95. The third-order valence-electron chi connectivity index (χ3n) is 2.92. The molecule has 1 aromatic rings. The molecule has 0 saturated heterocycles. The summed E-state index contributed by atoms with van der Waals surface area (Å²) < 4.78 is 0. The van der Waals surface area contributed by atoms with Crippen molar-refractivity contribution in [3.8, 4) is 12.3 Å². The number of nitrogens with zero attached hydrogens (tertiary/aromatic N) is 1. The number of para-hydroxylation sites is 1. The lowest BCUT2D eigenvalue weighted by Crippen LogP contribution is -2.24. The van der Waals surface area contributed by atoms with Gasteiger partial charge in [-0.3, -0.25) is 4.79 Å². The number of terminal acetylenes is 1. The van der Waals surface area contributed by atoms with Crippen molar-refractivity contribution in [1.82, 2.24) is 0 Å². The van der Waals surface area contributed by atoms with Gasteiger partial charge in [0, 0.05) is 11.6 Å². The molecule has 1 aromatic carbocycles. The predicted octanol–water partition coefficient (Wildman–Crippen LogP) is 0.887. The van der Waals surface area contributed by atoms with E-state index in [0.717, 1.165) is 21.8 Å². The van der Waals surface area contributed by atoms with E-state index in [4.69, 9.17) is 6.42 Å². The first-order chi connectivity index (χ1) is 8.31. The molecule has 0 fully saturated rings. The summed E-state index contributed by atoms with van der Waals surface area (Å²) in [5, 5.41) is 1.76. The van der Waals surface area contributed by atoms with Gasteiger partial charge in [0.15, 0.2) is 5.78 Å². The summed E-state index contributed by atoms with van der Waals surface area (Å²) in [4.78, 5) is 16.4. The quantitative estimate of drug-likeness (QED) is 0.645. The van der Waals surface area contributed by atoms with Crippen molar-refractivity contribution < 1.29 is 4.79 Å². The Morgan fingerprint density at radius 3 is 2.88 bits per heavy atom. The number of carbonyl (C=O) groups excluding carboxylic acids is 1. The van der Waals surface area contributed by atoms with Crippen molar-refractivity contribution in [3.05, 3.63) is 58.3 Å². The molecule has 3 rings (SSSR count). The summed E-state index contributed by atoms with van der Waals surface area (Å²) in [7, 11) is 0. The zero-order valence-corrected chi connectivity index (χ0v) is 9.10. The van der Waals surface area contributed by atoms with E-state index < -0.39 is 0 Å². The summed E-state index contributed by atoms with van der Waals surface area (Å²) in [6, 6.07) is 7.66. The monoisotopic (exact) mass is 219 g/mol. The second-order valence-electron chi connectivity index (χ2n) is 3.96. The van der Waals surface area contributed by atoms with Crippen LogP contribution in [0.4, 0.5) is 0 Å². The van der Waals surface area contributed by atoms with E-state index in [1.165, 1.54) is 0 Å². The Morgan fingerprint density at radius 2 is 2.06 bits per heavy atom. The maximum atomic E-state index is 11.9. The largest absolute Gasteiger partial charge is 0.289 e. The van der Waals surface area contributed by atoms with Crippen LogP contribution in [0.15, 0.2) is 52.7 Å². The molecule has 0 amide bonds. The summed E-state index contributed by atoms with van der Waals surface area (Å²) in [6.45, 7) is 0. The molecular formula is C15H9NO. The summed E-state index contributed by atoms with van der Waals surface area (Å²) >= 11 is 0. The standard InChI is InChI=1S/C15H9NO/c1-2-5-10-8-9-13(17)14-11-6-3-4-7-12(11)16-15(10)14/h1,3-4,6-9H,5H2. The second kappa shape index (κ2) is 3.57. The van der Waals surface area contributed by atoms with Crippen LogP contribution < -0.4 is 10.6 Å². The number of carbonyl (C=O) groups is 1. The van der Waals surface area contributed by atoms with Crippen LogP contribution in [0.1, 0.15) is 6.42 Å². The van der Waals surface area contributed by atoms with Crippen LogP contribution in [-0.2, 0) is 4.79 Å². The van der Waals surface area contributed by atoms with Crippen LogP contribution in [0, 0.1) is 12.3 Å². The zero-order chi connectivity index (χ0) is 11.8. The molecule has 2 nitrogen and oxygen atoms in total. The molecule has 0 atom stereocenters. The first-order valence-electron chi connectivity index (χ1n) is 5.39. The van der Waals surface area contributed by atoms with Crippen LogP contribution in [0.25, 0.3) is 5.57 Å². The number of hydrogen-bond donors (Lipinski definition) is 0. The summed E-state index contributed by atoms with van der Waals surface area (Å²) in [5.74, 6) is 2.61. The molecule has 0 aromatic heterocycles. The van der Waals surface area contributed by atoms with Gasteiger partial charge in [-0.05, 0) is 17.7 Å². The lowest BCUT2D eigenvalue weighted by Gasteiger charge is -2.09. The van der Waals surface area contributed by atoms with Crippen LogP contribution in [0.3, 0.4) is 0 Å². The van der Waals surface area contributed by atoms with Gasteiger partial charge in [0.2, 0.25) is 0 Å². The van der Waals surface area contributed by atoms with Gasteiger partial charge in [-0.25, -0.2) is 4.99 Å². The molecule has 2 aliphatic rings. The number of ketones is 1. The highest BCUT2D eigenvalue weighted by Gasteiger charge is 2.23. The van der Waals surface area contributed by atoms with Crippen molar-refractivity contribution in [2.45, 2.75) is 6.42 Å². The Labute approximate surface area is 98.7 Å². The Morgan fingerprint density at radius 1 is 1.24 bits per heavy atom. The van der Waals surface area contributed by atoms with Gasteiger partial charge >= 0.3 is 0 Å². The van der Waals surface area contributed by atoms with Gasteiger partial charge in [0.05, 0.1) is 16.6 Å². The third-order valence-corrected chi connectivity index (χ3v) is 2.92. The van der Waals surface area contributed by atoms with E-state index in [2.05, 4.69) is 10.9 Å². The molecule has 17 heavy (non-hydrogen) atoms. The topological polar surface area (TPSA) is 29.4 Å². The first kappa shape index (κ1) is 9.80. The van der Waals surface area contributed by atoms with Gasteiger partial charge in [-0.1, -0.05) is 24.3 Å². The Kier molecular flexibility index (Phi) is 2.06. The number of fused-ring (bicyclic) bond motifs is 2. The normalized spacial score (nSPS) is 16.4. The van der Waals surface area contributed by atoms with Gasteiger partial charge < -0.3 is 0 Å². The Hall–Kier alpha value is -2.40. The molecule has 1 aliphatic carbocycles. The van der Waals surface area contributed by atoms with Gasteiger partial charge in [0.1, 0.15) is 0 Å². The minimum atomic E-state index is 0.00877. The number of allylic oxidation sites excluding steroid dienone is 4. The number of hydrogen-bond acceptors (Lipinski definition) is 2. The third kappa shape index (κ3) is 1.37. The van der Waals surface area contributed by atoms with Gasteiger partial charge in [0.25, 0.3) is 0 Å². The van der Waals surface area contributed by atoms with E-state index >= 15 is 0 Å². The SMILES string of the molecule is C#CCC1=C2N=c3ccccc3=C2C(=O)C=C1. The molecule has 1 aliphatic heterocycles. The smallest absolute Gasteiger partial charge is 0.188 e. The van der Waals surface area contributed by atoms with Crippen LogP contribution in [-0.4, -0.2) is 5.78 Å². The molecule has 0 bridgehead atoms. The van der Waals surface area contributed by atoms with Crippen molar-refractivity contribution in [3.63, 3.8) is 0 Å². The van der Waals surface area contributed by atoms with Crippen molar-refractivity contribution >= 4 is 11.4 Å². The number of benzene rings is 1. The highest BCUT2D eigenvalue weighted by atomic mass is 16.1. The van der Waals surface area contributed by atoms with E-state index in [0.29, 0.717) is 12.0 Å². The van der Waals surface area contributed by atoms with Crippen molar-refractivity contribution in [2.24, 2.45) is 4.99 Å². The fraction of sp³-hybridized carbons (Fsp3) is 0.0667. The molecule has 0 unspecified atom stereocenters. The molecule has 80 valence electrons. The molecule has 0 saturated carbocycles. The minimum absolute atomic E-state index is 0.00877. The summed E-state index contributed by atoms with van der Waals surface area (Å²) in [5.41, 5.74) is 2.38. The molecular weight excluding hydrogens is 210 g/mol. The van der Waals surface area contributed by atoms with E-state index in [-0.39, 0.29) is 5.78 Å². The minimum Gasteiger partial charge on any atom is -0.289 e. The van der Waals surface area contributed by atoms with Gasteiger partial charge in [-0.15, -0.1) is 12.3 Å². The van der Waals surface area contributed by atoms with Gasteiger partial charge in [-0.2, -0.15) is 0 Å². The van der Waals surface area contributed by atoms with Crippen LogP contribution >= 0.6 is 0 Å². The molecule has 0 N–H and O–H groups in total. The lowest BCUT2D eigenvalue weighted by molar-refractivity contribution is -0.109. The number of rotatable bonds is 1. The average Bonchev–Trinajstić information content (AvgIpc) is 2.73. The van der Waals surface area contributed by atoms with E-state index in [1.807, 2.05) is 24.3 Å². The molecule has 0 radical (unpaired) electrons. The fourth-order valence-corrected chi connectivity index (χ4v) is 2.16. The predicted molar refractivity (Wildman–Crippen MR) is 65.3 cm³/mol. The summed E-state index contributed by atoms with van der Waals surface area (Å²) in [6.07, 6.45) is 9.17. The highest BCUT2D eigenvalue weighted by molar-refractivity contribution is 6.27. The molecule has 1 heterocycles. The highest BCUT2D eigenvalue weighted by Crippen LogP contribution is 2.26. The first-order valence-corrected chi connectivity index (χ1v) is 5.39. The fourth-order valence-electron chi connectivity index (χ4n) is 2.16. The second-order valence-corrected chi connectivity index (χ2v) is 3.96. The molecule has 0 spiro atoms. The Balaban J connectivity index is 2.39. The maximum absolute atomic E-state index is 11.9. The van der Waals surface area contributed by atoms with Crippen molar-refractivity contribution in [2.75, 3.05) is 0 Å². The average molecular weight is 219 g/mol.